The van der Waals surface area contributed by atoms with Crippen molar-refractivity contribution < 1.29 is 74.0 Å². The van der Waals surface area contributed by atoms with Crippen LogP contribution < -0.4 is 5.32 Å². The van der Waals surface area contributed by atoms with E-state index in [1.807, 2.05) is 37.3 Å². The normalized spacial score (nSPS) is 15.6. The molecule has 50 heavy (non-hydrogen) atoms. The van der Waals surface area contributed by atoms with Crippen molar-refractivity contribution in [1.29, 1.82) is 0 Å². The largest absolute Gasteiger partial charge is 0.490 e. The number of aromatic nitrogens is 4. The molecule has 4 N–H and O–H groups in total. The maximum Gasteiger partial charge on any atom is 0.490 e. The molecule has 0 radical (unpaired) electrons. The van der Waals surface area contributed by atoms with Crippen LogP contribution in [0.4, 0.5) is 39.5 Å². The van der Waals surface area contributed by atoms with Crippen LogP contribution in [0.25, 0.3) is 0 Å². The third kappa shape index (κ3) is 15.3. The molecule has 4 rings (SSSR count). The molecule has 2 aromatic rings. The molecule has 14 nitrogen and oxygen atoms in total. The number of halogens is 9. The van der Waals surface area contributed by atoms with Gasteiger partial charge >= 0.3 is 36.4 Å². The average molecular weight is 740 g/mol. The van der Waals surface area contributed by atoms with Gasteiger partial charge < -0.3 is 30.1 Å². The van der Waals surface area contributed by atoms with Crippen molar-refractivity contribution >= 4 is 23.8 Å². The van der Waals surface area contributed by atoms with Gasteiger partial charge in [-0.15, -0.1) is 10.2 Å². The zero-order valence-electron chi connectivity index (χ0n) is 26.4. The molecule has 2 aliphatic heterocycles. The van der Waals surface area contributed by atoms with Crippen molar-refractivity contribution in [2.75, 3.05) is 40.3 Å². The van der Waals surface area contributed by atoms with Crippen LogP contribution >= 0.6 is 0 Å². The number of nitrogens with zero attached hydrogens (tertiary/aromatic N) is 6. The van der Waals surface area contributed by atoms with Gasteiger partial charge in [0.05, 0.1) is 5.69 Å². The van der Waals surface area contributed by atoms with Gasteiger partial charge in [0.2, 0.25) is 5.82 Å². The summed E-state index contributed by atoms with van der Waals surface area (Å²) in [6.07, 6.45) is -9.08. The number of aliphatic carboxylic acids is 3. The van der Waals surface area contributed by atoms with E-state index in [1.165, 1.54) is 0 Å². The third-order valence-electron chi connectivity index (χ3n) is 7.00. The number of fused-ring (bicyclic) bond motifs is 1. The Hall–Kier alpha value is -4.54. The zero-order chi connectivity index (χ0) is 38.5. The van der Waals surface area contributed by atoms with Crippen LogP contribution in [0.15, 0.2) is 24.4 Å². The molecule has 0 unspecified atom stereocenters. The number of rotatable bonds is 6. The van der Waals surface area contributed by atoms with Gasteiger partial charge in [-0.1, -0.05) is 6.07 Å². The van der Waals surface area contributed by atoms with Crippen LogP contribution in [0.1, 0.15) is 41.4 Å². The molecule has 0 aromatic carbocycles. The quantitative estimate of drug-likeness (QED) is 0.317. The summed E-state index contributed by atoms with van der Waals surface area (Å²) in [6.45, 7) is 5.32. The molecule has 2 aromatic heterocycles. The molecular weight excluding hydrogens is 705 g/mol. The Kier molecular flexibility index (Phi) is 16.0. The molecule has 1 amide bonds. The van der Waals surface area contributed by atoms with E-state index in [0.29, 0.717) is 12.4 Å². The summed E-state index contributed by atoms with van der Waals surface area (Å²) in [5, 5.41) is 32.9. The van der Waals surface area contributed by atoms with E-state index < -0.39 is 36.4 Å². The highest BCUT2D eigenvalue weighted by atomic mass is 19.4. The first-order valence-electron chi connectivity index (χ1n) is 14.3. The van der Waals surface area contributed by atoms with E-state index in [0.717, 1.165) is 69.9 Å². The first-order valence-corrected chi connectivity index (χ1v) is 14.3. The van der Waals surface area contributed by atoms with Crippen molar-refractivity contribution in [3.05, 3.63) is 41.7 Å². The zero-order valence-corrected chi connectivity index (χ0v) is 26.4. The molecule has 1 fully saturated rings. The summed E-state index contributed by atoms with van der Waals surface area (Å²) < 4.78 is 97.3. The number of carboxylic acid groups (broad SMARTS) is 3. The van der Waals surface area contributed by atoms with Gasteiger partial charge in [0.15, 0.2) is 0 Å². The predicted octanol–water partition coefficient (Wildman–Crippen LogP) is 3.09. The Labute approximate surface area is 277 Å². The standard InChI is InChI=1S/C21H31N7O.3C2HF3O2/c1-26(2)14-11-23-20(29)19-25-24-18-6-7-21(16-28(18)19)8-12-27(13-9-21)15-17-5-3-4-10-22-17;3*3-2(4,5)1(6)7/h3-5,10H,6-9,11-16H2,1-2H3,(H,23,29);3*(H,6,7). The van der Waals surface area contributed by atoms with Crippen molar-refractivity contribution in [2.45, 2.75) is 57.3 Å². The molecule has 282 valence electrons. The lowest BCUT2D eigenvalue weighted by atomic mass is 9.73. The smallest absolute Gasteiger partial charge is 0.475 e. The Morgan fingerprint density at radius 1 is 0.840 bits per heavy atom. The number of alkyl halides is 9. The number of piperidine rings is 1. The minimum Gasteiger partial charge on any atom is -0.475 e. The van der Waals surface area contributed by atoms with E-state index in [-0.39, 0.29) is 11.3 Å². The molecule has 0 bridgehead atoms. The number of nitrogens with one attached hydrogen (secondary N) is 1. The minimum absolute atomic E-state index is 0.116. The highest BCUT2D eigenvalue weighted by Crippen LogP contribution is 2.41. The van der Waals surface area contributed by atoms with Crippen molar-refractivity contribution in [2.24, 2.45) is 5.41 Å². The van der Waals surface area contributed by atoms with Crippen molar-refractivity contribution in [3.63, 3.8) is 0 Å². The average Bonchev–Trinajstić information content (AvgIpc) is 3.41. The van der Waals surface area contributed by atoms with Gasteiger partial charge in [-0.05, 0) is 64.0 Å². The summed E-state index contributed by atoms with van der Waals surface area (Å²) in [7, 11) is 3.99. The van der Waals surface area contributed by atoms with Crippen LogP contribution in [-0.2, 0) is 33.9 Å². The van der Waals surface area contributed by atoms with E-state index >= 15 is 0 Å². The van der Waals surface area contributed by atoms with Crippen LogP contribution in [0.3, 0.4) is 0 Å². The molecule has 4 heterocycles. The topological polar surface area (TPSA) is 191 Å². The summed E-state index contributed by atoms with van der Waals surface area (Å²) in [4.78, 5) is 48.3. The van der Waals surface area contributed by atoms with E-state index in [2.05, 4.69) is 36.0 Å². The number of pyridine rings is 1. The highest BCUT2D eigenvalue weighted by Gasteiger charge is 2.41. The second-order valence-corrected chi connectivity index (χ2v) is 11.1. The third-order valence-corrected chi connectivity index (χ3v) is 7.00. The van der Waals surface area contributed by atoms with E-state index in [1.54, 1.807) is 0 Å². The number of aryl methyl sites for hydroxylation is 1. The maximum atomic E-state index is 12.6. The molecule has 23 heteroatoms. The van der Waals surface area contributed by atoms with Gasteiger partial charge in [0.25, 0.3) is 5.91 Å². The number of amides is 1. The van der Waals surface area contributed by atoms with Gasteiger partial charge in [-0.3, -0.25) is 14.7 Å². The Morgan fingerprint density at radius 3 is 1.76 bits per heavy atom. The van der Waals surface area contributed by atoms with Gasteiger partial charge in [-0.2, -0.15) is 39.5 Å². The number of likely N-dealkylation sites (tertiary alicyclic amines) is 1. The van der Waals surface area contributed by atoms with Crippen LogP contribution in [0.2, 0.25) is 0 Å². The number of hydrogen-bond donors (Lipinski definition) is 4. The first-order chi connectivity index (χ1) is 22.9. The Bertz CT molecular complexity index is 1350. The lowest BCUT2D eigenvalue weighted by molar-refractivity contribution is -0.193. The fourth-order valence-corrected chi connectivity index (χ4v) is 4.43. The van der Waals surface area contributed by atoms with Crippen molar-refractivity contribution in [1.82, 2.24) is 34.9 Å². The Balaban J connectivity index is 0.000000486. The van der Waals surface area contributed by atoms with Gasteiger partial charge in [0.1, 0.15) is 5.82 Å². The van der Waals surface area contributed by atoms with Crippen LogP contribution in [0.5, 0.6) is 0 Å². The van der Waals surface area contributed by atoms with Crippen molar-refractivity contribution in [3.8, 4) is 0 Å². The minimum atomic E-state index is -5.08. The summed E-state index contributed by atoms with van der Waals surface area (Å²) >= 11 is 0. The summed E-state index contributed by atoms with van der Waals surface area (Å²) in [5.41, 5.74) is 1.37. The van der Waals surface area contributed by atoms with Gasteiger partial charge in [0, 0.05) is 38.8 Å². The second kappa shape index (κ2) is 18.5. The number of hydrogen-bond acceptors (Lipinski definition) is 9. The predicted molar refractivity (Wildman–Crippen MR) is 151 cm³/mol. The molecular formula is C27H34F9N7O7. The lowest BCUT2D eigenvalue weighted by Crippen LogP contribution is -2.45. The van der Waals surface area contributed by atoms with Crippen LogP contribution in [0, 0.1) is 5.41 Å². The summed E-state index contributed by atoms with van der Waals surface area (Å²) in [6, 6.07) is 6.10. The van der Waals surface area contributed by atoms with Crippen LogP contribution in [-0.4, -0.2) is 127 Å². The number of carbonyl (C=O) groups is 4. The van der Waals surface area contributed by atoms with E-state index in [9.17, 15) is 44.3 Å². The monoisotopic (exact) mass is 739 g/mol. The SMILES string of the molecule is CN(C)CCNC(=O)c1nnc2n1CC1(CC2)CCN(Cc2ccccn2)CC1.O=C(O)C(F)(F)F.O=C(O)C(F)(F)F.O=C(O)C(F)(F)F. The fraction of sp³-hybridized carbons (Fsp3) is 0.593. The molecule has 0 atom stereocenters. The number of carboxylic acids is 3. The molecule has 1 spiro atoms. The molecule has 0 saturated carbocycles. The maximum absolute atomic E-state index is 12.6. The first kappa shape index (κ1) is 43.5. The molecule has 1 saturated heterocycles. The Morgan fingerprint density at radius 2 is 1.34 bits per heavy atom. The lowest BCUT2D eigenvalue weighted by Gasteiger charge is -2.44. The highest BCUT2D eigenvalue weighted by molar-refractivity contribution is 5.90. The number of carbonyl (C=O) groups excluding carboxylic acids is 1. The second-order valence-electron chi connectivity index (χ2n) is 11.1. The fourth-order valence-electron chi connectivity index (χ4n) is 4.43. The summed E-state index contributed by atoms with van der Waals surface area (Å²) in [5.74, 6) is -6.97. The van der Waals surface area contributed by atoms with E-state index in [4.69, 9.17) is 29.7 Å². The number of likely N-dealkylation sites (N-methyl/N-ethyl adjacent to an activating group) is 1. The van der Waals surface area contributed by atoms with Gasteiger partial charge in [-0.25, -0.2) is 14.4 Å². The molecule has 0 aliphatic carbocycles. The molecule has 2 aliphatic rings.